The molecule has 0 heterocycles. The summed E-state index contributed by atoms with van der Waals surface area (Å²) in [6.07, 6.45) is 11.9. The van der Waals surface area contributed by atoms with Crippen LogP contribution >= 0.6 is 0 Å². The molecule has 0 amide bonds. The van der Waals surface area contributed by atoms with Gasteiger partial charge in [-0.1, -0.05) is 6.42 Å². The van der Waals surface area contributed by atoms with E-state index in [0.29, 0.717) is 5.54 Å². The van der Waals surface area contributed by atoms with Crippen molar-refractivity contribution in [3.05, 3.63) is 0 Å². The normalized spacial score (nSPS) is 48.8. The molecule has 5 saturated carbocycles. The predicted molar refractivity (Wildman–Crippen MR) is 78.8 cm³/mol. The number of hydrogen-bond donors (Lipinski definition) is 1. The molecule has 2 N–H and O–H groups in total. The highest BCUT2D eigenvalue weighted by Crippen LogP contribution is 2.59. The lowest BCUT2D eigenvalue weighted by Crippen LogP contribution is -2.69. The second-order valence-electron chi connectivity index (χ2n) is 8.18. The fraction of sp³-hybridized carbons (Fsp3) is 1.00. The van der Waals surface area contributed by atoms with Gasteiger partial charge in [-0.15, -0.1) is 0 Å². The van der Waals surface area contributed by atoms with Gasteiger partial charge in [-0.3, -0.25) is 4.90 Å². The van der Waals surface area contributed by atoms with Crippen molar-refractivity contribution in [2.24, 2.45) is 35.3 Å². The molecule has 0 aromatic heterocycles. The van der Waals surface area contributed by atoms with Crippen LogP contribution in [0.3, 0.4) is 0 Å². The lowest BCUT2D eigenvalue weighted by molar-refractivity contribution is -0.128. The van der Waals surface area contributed by atoms with Gasteiger partial charge in [0, 0.05) is 18.6 Å². The van der Waals surface area contributed by atoms with E-state index in [1.807, 2.05) is 0 Å². The van der Waals surface area contributed by atoms with Gasteiger partial charge in [0.05, 0.1) is 0 Å². The van der Waals surface area contributed by atoms with Gasteiger partial charge in [0.15, 0.2) is 0 Å². The van der Waals surface area contributed by atoms with E-state index in [1.165, 1.54) is 51.5 Å². The number of nitrogens with two attached hydrogens (primary N) is 1. The van der Waals surface area contributed by atoms with Crippen molar-refractivity contribution in [2.75, 3.05) is 20.1 Å². The minimum atomic E-state index is 0.378. The zero-order valence-corrected chi connectivity index (χ0v) is 12.5. The van der Waals surface area contributed by atoms with Crippen LogP contribution in [0.1, 0.15) is 51.4 Å². The third kappa shape index (κ3) is 1.75. The summed E-state index contributed by atoms with van der Waals surface area (Å²) in [6, 6.07) is 0. The van der Waals surface area contributed by atoms with Crippen molar-refractivity contribution in [1.29, 1.82) is 0 Å². The maximum absolute atomic E-state index is 6.38. The Morgan fingerprint density at radius 3 is 2.00 bits per heavy atom. The highest BCUT2D eigenvalue weighted by molar-refractivity contribution is 5.12. The largest absolute Gasteiger partial charge is 0.329 e. The topological polar surface area (TPSA) is 29.3 Å². The molecule has 5 aliphatic carbocycles. The van der Waals surface area contributed by atoms with Crippen LogP contribution in [0.25, 0.3) is 0 Å². The molecule has 2 heteroatoms. The smallest absolute Gasteiger partial charge is 0.0385 e. The number of likely N-dealkylation sites (N-methyl/N-ethyl adjacent to an activating group) is 1. The van der Waals surface area contributed by atoms with Gasteiger partial charge < -0.3 is 5.73 Å². The van der Waals surface area contributed by atoms with Crippen LogP contribution in [-0.2, 0) is 0 Å². The van der Waals surface area contributed by atoms with Crippen molar-refractivity contribution in [1.82, 2.24) is 4.90 Å². The molecular weight excluding hydrogens is 232 g/mol. The lowest BCUT2D eigenvalue weighted by Gasteiger charge is -2.64. The number of rotatable bonds is 4. The van der Waals surface area contributed by atoms with Crippen LogP contribution < -0.4 is 5.73 Å². The molecule has 0 aromatic carbocycles. The molecule has 0 spiro atoms. The predicted octanol–water partition coefficient (Wildman–Crippen LogP) is 2.87. The van der Waals surface area contributed by atoms with E-state index in [-0.39, 0.29) is 0 Å². The first kappa shape index (κ1) is 12.6. The van der Waals surface area contributed by atoms with Gasteiger partial charge >= 0.3 is 0 Å². The Balaban J connectivity index is 1.57. The Morgan fingerprint density at radius 2 is 1.58 bits per heavy atom. The summed E-state index contributed by atoms with van der Waals surface area (Å²) >= 11 is 0. The second kappa shape index (κ2) is 4.46. The standard InChI is InChI=1S/C17H30N2/c1-19(10-12-3-2-4-12)17(11-18)15-6-13-5-14(8-15)9-16(17)7-13/h12-16H,2-11,18H2,1H3. The number of hydrogen-bond acceptors (Lipinski definition) is 2. The summed E-state index contributed by atoms with van der Waals surface area (Å²) in [5.74, 6) is 4.92. The Kier molecular flexibility index (Phi) is 2.97. The van der Waals surface area contributed by atoms with Crippen LogP contribution in [0, 0.1) is 29.6 Å². The maximum atomic E-state index is 6.38. The van der Waals surface area contributed by atoms with Gasteiger partial charge in [0.2, 0.25) is 0 Å². The average Bonchev–Trinajstić information content (AvgIpc) is 2.33. The van der Waals surface area contributed by atoms with Crippen LogP contribution in [0.15, 0.2) is 0 Å². The summed E-state index contributed by atoms with van der Waals surface area (Å²) in [6.45, 7) is 2.23. The third-order valence-electron chi connectivity index (χ3n) is 7.35. The monoisotopic (exact) mass is 262 g/mol. The molecular formula is C17H30N2. The van der Waals surface area contributed by atoms with Crippen molar-refractivity contribution < 1.29 is 0 Å². The van der Waals surface area contributed by atoms with E-state index >= 15 is 0 Å². The molecule has 2 nitrogen and oxygen atoms in total. The van der Waals surface area contributed by atoms with E-state index in [4.69, 9.17) is 5.73 Å². The van der Waals surface area contributed by atoms with Gasteiger partial charge in [-0.25, -0.2) is 0 Å². The highest BCUT2D eigenvalue weighted by atomic mass is 15.2. The molecule has 4 bridgehead atoms. The van der Waals surface area contributed by atoms with Crippen LogP contribution in [0.4, 0.5) is 0 Å². The average molecular weight is 262 g/mol. The van der Waals surface area contributed by atoms with Crippen LogP contribution in [-0.4, -0.2) is 30.6 Å². The molecule has 108 valence electrons. The maximum Gasteiger partial charge on any atom is 0.0385 e. The molecule has 5 rings (SSSR count). The minimum absolute atomic E-state index is 0.378. The first-order valence-corrected chi connectivity index (χ1v) is 8.63. The molecule has 0 atom stereocenters. The third-order valence-corrected chi connectivity index (χ3v) is 7.35. The quantitative estimate of drug-likeness (QED) is 0.844. The van der Waals surface area contributed by atoms with Gasteiger partial charge in [-0.2, -0.15) is 0 Å². The summed E-state index contributed by atoms with van der Waals surface area (Å²) in [5, 5.41) is 0. The SMILES string of the molecule is CN(CC1CCC1)C1(CN)C2CC3CC(C2)CC1C3. The molecule has 5 aliphatic rings. The van der Waals surface area contributed by atoms with Crippen LogP contribution in [0.5, 0.6) is 0 Å². The van der Waals surface area contributed by atoms with E-state index < -0.39 is 0 Å². The zero-order chi connectivity index (χ0) is 13.0. The Labute approximate surface area is 118 Å². The zero-order valence-electron chi connectivity index (χ0n) is 12.5. The second-order valence-corrected chi connectivity index (χ2v) is 8.18. The van der Waals surface area contributed by atoms with E-state index in [1.54, 1.807) is 6.42 Å². The molecule has 0 aromatic rings. The summed E-state index contributed by atoms with van der Waals surface area (Å²) in [7, 11) is 2.40. The van der Waals surface area contributed by atoms with Crippen molar-refractivity contribution >= 4 is 0 Å². The summed E-state index contributed by atoms with van der Waals surface area (Å²) in [5.41, 5.74) is 6.76. The van der Waals surface area contributed by atoms with E-state index in [9.17, 15) is 0 Å². The highest BCUT2D eigenvalue weighted by Gasteiger charge is 2.58. The first-order valence-electron chi connectivity index (χ1n) is 8.63. The van der Waals surface area contributed by atoms with Gasteiger partial charge in [0.1, 0.15) is 0 Å². The van der Waals surface area contributed by atoms with Crippen LogP contribution in [0.2, 0.25) is 0 Å². The van der Waals surface area contributed by atoms with Gasteiger partial charge in [-0.05, 0) is 81.6 Å². The molecule has 0 saturated heterocycles. The Bertz CT molecular complexity index is 319. The van der Waals surface area contributed by atoms with E-state index in [0.717, 1.165) is 36.1 Å². The van der Waals surface area contributed by atoms with Crippen molar-refractivity contribution in [2.45, 2.75) is 56.9 Å². The molecule has 0 aliphatic heterocycles. The summed E-state index contributed by atoms with van der Waals surface area (Å²) < 4.78 is 0. The van der Waals surface area contributed by atoms with Crippen molar-refractivity contribution in [3.63, 3.8) is 0 Å². The minimum Gasteiger partial charge on any atom is -0.329 e. The molecule has 0 unspecified atom stereocenters. The van der Waals surface area contributed by atoms with Gasteiger partial charge in [0.25, 0.3) is 0 Å². The van der Waals surface area contributed by atoms with Crippen molar-refractivity contribution in [3.8, 4) is 0 Å². The molecule has 0 radical (unpaired) electrons. The fourth-order valence-corrected chi connectivity index (χ4v) is 6.35. The number of nitrogens with zero attached hydrogens (tertiary/aromatic N) is 1. The Morgan fingerprint density at radius 1 is 1.00 bits per heavy atom. The lowest BCUT2D eigenvalue weighted by atomic mass is 9.48. The Hall–Kier alpha value is -0.0800. The molecule has 5 fully saturated rings. The molecule has 19 heavy (non-hydrogen) atoms. The fourth-order valence-electron chi connectivity index (χ4n) is 6.35. The summed E-state index contributed by atoms with van der Waals surface area (Å²) in [4.78, 5) is 2.74. The first-order chi connectivity index (χ1) is 9.22. The van der Waals surface area contributed by atoms with E-state index in [2.05, 4.69) is 11.9 Å².